The molecule has 8 heterocycles. The summed E-state index contributed by atoms with van der Waals surface area (Å²) < 4.78 is 207. The predicted octanol–water partition coefficient (Wildman–Crippen LogP) is 18.9. The minimum Gasteiger partial charge on any atom is -0.366 e. The van der Waals surface area contributed by atoms with Crippen molar-refractivity contribution in [3.8, 4) is 68.9 Å². The molecule has 3 aliphatic rings. The molecule has 3 fully saturated rings. The lowest BCUT2D eigenvalue weighted by Crippen LogP contribution is -2.40. The lowest BCUT2D eigenvalue weighted by Gasteiger charge is -2.30. The zero-order valence-electron chi connectivity index (χ0n) is 78.8. The molecule has 0 radical (unpaired) electrons. The number of carbonyl (C=O) groups is 2. The Morgan fingerprint density at radius 3 is 1.49 bits per heavy atom. The number of halogens is 4. The Kier molecular flexibility index (Phi) is 25.0. The van der Waals surface area contributed by atoms with E-state index in [1.54, 1.807) is 103 Å². The van der Waals surface area contributed by atoms with Gasteiger partial charge in [-0.2, -0.15) is 10.5 Å². The highest BCUT2D eigenvalue weighted by molar-refractivity contribution is 7.94. The Bertz CT molecular complexity index is 7650. The number of sulfonamides is 4. The maximum Gasteiger partial charge on any atom is 0.251 e. The fourth-order valence-corrected chi connectivity index (χ4v) is 20.4. The molecule has 26 nitrogen and oxygen atoms in total. The van der Waals surface area contributed by atoms with Gasteiger partial charge in [0.05, 0.1) is 88.9 Å². The first-order valence-electron chi connectivity index (χ1n) is 44.6. The van der Waals surface area contributed by atoms with Crippen molar-refractivity contribution in [3.63, 3.8) is 0 Å². The summed E-state index contributed by atoms with van der Waals surface area (Å²) in [6.07, 6.45) is 12.6. The average molecular weight is 1870 g/mol. The van der Waals surface area contributed by atoms with Crippen LogP contribution in [0.5, 0.6) is 0 Å². The van der Waals surface area contributed by atoms with Crippen LogP contribution in [-0.2, 0) is 53.1 Å². The number of hydrogen-bond acceptors (Lipinski definition) is 16. The Morgan fingerprint density at radius 2 is 1.03 bits per heavy atom. The zero-order valence-corrected chi connectivity index (χ0v) is 78.0. The molecule has 8 N–H and O–H groups in total. The Hall–Kier alpha value is -12.8. The first-order valence-corrected chi connectivity index (χ1v) is 48.5. The molecule has 14 aromatic rings. The average Bonchev–Trinajstić information content (AvgIpc) is 1.55. The van der Waals surface area contributed by atoms with Gasteiger partial charge in [-0.25, -0.2) is 70.4 Å². The second-order valence-corrected chi connectivity index (χ2v) is 43.7. The molecule has 0 unspecified atom stereocenters. The third-order valence-corrected chi connectivity index (χ3v) is 29.6. The maximum absolute atomic E-state index is 15.2. The topological polar surface area (TPSA) is 390 Å². The summed E-state index contributed by atoms with van der Waals surface area (Å²) in [6.45, 7) is 19.5. The second-order valence-electron chi connectivity index (χ2n) is 36.3. The van der Waals surface area contributed by atoms with E-state index >= 15 is 4.39 Å². The van der Waals surface area contributed by atoms with E-state index < -0.39 is 104 Å². The third-order valence-electron chi connectivity index (χ3n) is 22.5. The van der Waals surface area contributed by atoms with Gasteiger partial charge in [0, 0.05) is 98.4 Å². The third kappa shape index (κ3) is 19.9. The quantitative estimate of drug-likeness (QED) is 0.0343. The minimum atomic E-state index is -3.99. The molecule has 0 spiro atoms. The van der Waals surface area contributed by atoms with Crippen LogP contribution >= 0.6 is 0 Å². The Balaban J connectivity index is 0.000000145. The molecular formula is C98H102F4N16O10S4. The van der Waals surface area contributed by atoms with Gasteiger partial charge in [0.1, 0.15) is 55.9 Å². The molecule has 34 heteroatoms. The van der Waals surface area contributed by atoms with E-state index in [1.165, 1.54) is 87.0 Å². The van der Waals surface area contributed by atoms with E-state index in [-0.39, 0.29) is 65.7 Å². The summed E-state index contributed by atoms with van der Waals surface area (Å²) in [5.41, 5.74) is 19.6. The van der Waals surface area contributed by atoms with Gasteiger partial charge in [-0.1, -0.05) is 43.3 Å². The molecule has 0 atom stereocenters. The lowest BCUT2D eigenvalue weighted by atomic mass is 9.92. The van der Waals surface area contributed by atoms with Crippen LogP contribution in [0.15, 0.2) is 197 Å². The summed E-state index contributed by atoms with van der Waals surface area (Å²) in [5, 5.41) is 21.4. The van der Waals surface area contributed by atoms with Crippen LogP contribution in [0.4, 0.5) is 23.4 Å². The number of nitriles is 2. The van der Waals surface area contributed by atoms with E-state index in [1.807, 2.05) is 88.9 Å². The number of carbonyl (C=O) groups excluding carboxylic acids is 2. The minimum absolute atomic E-state index is 0.0175. The number of amides is 2. The summed E-state index contributed by atoms with van der Waals surface area (Å²) in [5.74, 6) is -2.92. The van der Waals surface area contributed by atoms with E-state index in [0.717, 1.165) is 74.0 Å². The van der Waals surface area contributed by atoms with Crippen LogP contribution in [0.25, 0.3) is 100 Å². The molecule has 3 saturated carbocycles. The zero-order chi connectivity index (χ0) is 99.0. The second kappa shape index (κ2) is 36.7. The number of hydrogen-bond donors (Lipinski definition) is 6. The van der Waals surface area contributed by atoms with Gasteiger partial charge in [0.25, 0.3) is 11.8 Å². The largest absolute Gasteiger partial charge is 0.366 e. The van der Waals surface area contributed by atoms with Crippen LogP contribution in [0.1, 0.15) is 200 Å². The highest BCUT2D eigenvalue weighted by Gasteiger charge is 2.37. The molecule has 8 aromatic heterocycles. The summed E-state index contributed by atoms with van der Waals surface area (Å²) in [7, 11) is -15.2. The number of benzene rings is 6. The van der Waals surface area contributed by atoms with Crippen LogP contribution in [0, 0.1) is 65.6 Å². The van der Waals surface area contributed by atoms with Gasteiger partial charge in [-0.3, -0.25) is 29.3 Å². The smallest absolute Gasteiger partial charge is 0.251 e. The molecular weight excluding hydrogens is 1770 g/mol. The molecule has 132 heavy (non-hydrogen) atoms. The monoisotopic (exact) mass is 1870 g/mol. The van der Waals surface area contributed by atoms with Crippen molar-refractivity contribution >= 4 is 101 Å². The molecule has 6 aromatic carbocycles. The van der Waals surface area contributed by atoms with Crippen molar-refractivity contribution in [1.82, 2.24) is 52.4 Å². The van der Waals surface area contributed by atoms with Crippen LogP contribution < -0.4 is 30.4 Å². The van der Waals surface area contributed by atoms with Gasteiger partial charge in [0.2, 0.25) is 40.1 Å². The molecule has 0 bridgehead atoms. The van der Waals surface area contributed by atoms with Crippen molar-refractivity contribution < 1.29 is 66.3 Å². The maximum atomic E-state index is 15.2. The van der Waals surface area contributed by atoms with E-state index in [2.05, 4.69) is 51.0 Å². The number of aryl methyl sites for hydroxylation is 3. The van der Waals surface area contributed by atoms with Crippen LogP contribution in [0.3, 0.4) is 0 Å². The van der Waals surface area contributed by atoms with Gasteiger partial charge < -0.3 is 29.7 Å². The number of aromatic nitrogens is 8. The van der Waals surface area contributed by atoms with Crippen molar-refractivity contribution in [2.45, 2.75) is 203 Å². The van der Waals surface area contributed by atoms with Gasteiger partial charge in [-0.15, -0.1) is 0 Å². The highest BCUT2D eigenvalue weighted by Crippen LogP contribution is 2.48. The summed E-state index contributed by atoms with van der Waals surface area (Å²) >= 11 is 0. The molecule has 686 valence electrons. The number of nitrogens with zero attached hydrogens (tertiary/aromatic N) is 10. The van der Waals surface area contributed by atoms with Crippen molar-refractivity contribution in [3.05, 3.63) is 250 Å². The van der Waals surface area contributed by atoms with E-state index in [9.17, 15) is 67.0 Å². The summed E-state index contributed by atoms with van der Waals surface area (Å²) in [6, 6.07) is 45.7. The molecule has 17 rings (SSSR count). The van der Waals surface area contributed by atoms with Crippen molar-refractivity contribution in [2.24, 2.45) is 17.4 Å². The fraction of sp³-hybridized carbons (Fsp3) is 0.306. The van der Waals surface area contributed by atoms with Gasteiger partial charge in [-0.05, 0) is 297 Å². The number of rotatable bonds is 22. The standard InChI is InChI=1S/C27H25FN4O2S.C25H25FN4O3S.C24H29FN4O3S.C22H23FN4O2S/c1-27(2,3)31-35(33,34)19-11-12-24(30-16-19)26-22(15-29)21-13-23(28)20(17-9-10-17)14-25(21)32(26)18-7-5-4-6-8-18;1-15-12-21-18(13-19(15)26)22(24(27)31)23(30(21)16-8-6-5-7-9-16)20-11-10-17(14-28-20)34(32,33)29-25(2,3)4;1-5-14-11-17(25)20-18(12-14)29(16-7-6-8-16)22(21(20)23(26)30)15-9-10-19(27-13-15)28-33(31,32)24(2,3)4;1-13(2)26-30(28,29)16-6-7-20(25-11-16)22-18(10-24)17-9-19(23)14(3)8-21(17)27(22)12-15-4-5-15/h4-8,11-14,16-17,31H,9-10H2,1-3H3;5-14,29H,1-4H3,(H2,27,31);9-13,16H,5-8H2,1-4H3,(H2,26,30)(H,27,28);6-9,11,13,15,26H,4-5,12H2,1-3H3/i;;;3D3,13D. The Labute approximate surface area is 770 Å². The van der Waals surface area contributed by atoms with E-state index in [0.29, 0.717) is 114 Å². The Morgan fingerprint density at radius 1 is 0.538 bits per heavy atom. The number of pyridine rings is 4. The summed E-state index contributed by atoms with van der Waals surface area (Å²) in [4.78, 5) is 42.4. The number of anilines is 1. The van der Waals surface area contributed by atoms with Crippen molar-refractivity contribution in [2.75, 3.05) is 4.72 Å². The van der Waals surface area contributed by atoms with Crippen molar-refractivity contribution in [1.29, 1.82) is 10.5 Å². The van der Waals surface area contributed by atoms with Gasteiger partial charge in [0.15, 0.2) is 0 Å². The van der Waals surface area contributed by atoms with Crippen LogP contribution in [0.2, 0.25) is 0 Å². The first kappa shape index (κ1) is 89.8. The normalized spacial score (nSPS) is 14.6. The fourth-order valence-electron chi connectivity index (χ4n) is 15.8. The predicted molar refractivity (Wildman–Crippen MR) is 504 cm³/mol. The number of primary amides is 2. The lowest BCUT2D eigenvalue weighted by molar-refractivity contribution is 0.0993. The van der Waals surface area contributed by atoms with Gasteiger partial charge >= 0.3 is 0 Å². The molecule has 2 amide bonds. The molecule has 0 aliphatic heterocycles. The number of fused-ring (bicyclic) bond motifs is 4. The van der Waals surface area contributed by atoms with E-state index in [4.69, 9.17) is 17.0 Å². The molecule has 0 saturated heterocycles. The molecule has 3 aliphatic carbocycles. The first-order chi connectivity index (χ1) is 63.6. The SMILES string of the molecule is CC(C)(C)NS(=O)(=O)c1ccc(-c2c(C#N)c3cc(F)c(C4CC4)cc3n2-c2ccccc2)nc1.CCc1cc(F)c2c(C(N)=O)c(-c3ccc(NS(=O)(=O)C(C)(C)C)nc3)n(C3CCC3)c2c1.Cc1cc2c(cc1F)c(C(N)=O)c(-c1ccc(S(=O)(=O)NC(C)(C)C)cn1)n2-c1ccccc1.[2H]C(C)(C)NS(=O)(=O)c1ccc(-c2c(C#N)c3cc(F)c(C([2H])([2H])[2H])cc3n2CC2CC2)nc1. The number of nitrogens with two attached hydrogens (primary N) is 2. The highest BCUT2D eigenvalue weighted by atomic mass is 32.2. The number of nitrogens with one attached hydrogen (secondary N) is 4. The van der Waals surface area contributed by atoms with Crippen LogP contribution in [-0.4, -0.2) is 106 Å². The number of para-hydroxylation sites is 2.